The molecular weight excluding hydrogens is 336 g/mol. The molecule has 128 valence electrons. The van der Waals surface area contributed by atoms with Crippen molar-refractivity contribution in [2.75, 3.05) is 0 Å². The zero-order valence-electron chi connectivity index (χ0n) is 13.9. The Labute approximate surface area is 152 Å². The highest BCUT2D eigenvalue weighted by atomic mass is 35.5. The van der Waals surface area contributed by atoms with Crippen molar-refractivity contribution in [3.8, 4) is 5.75 Å². The lowest BCUT2D eigenvalue weighted by atomic mass is 10.0. The zero-order chi connectivity index (χ0) is 17.8. The highest BCUT2D eigenvalue weighted by Crippen LogP contribution is 2.29. The van der Waals surface area contributed by atoms with Crippen molar-refractivity contribution in [2.45, 2.75) is 25.8 Å². The van der Waals surface area contributed by atoms with E-state index in [0.717, 1.165) is 5.56 Å². The molecule has 1 N–H and O–H groups in total. The molecule has 4 nitrogen and oxygen atoms in total. The summed E-state index contributed by atoms with van der Waals surface area (Å²) in [6.45, 7) is 1.81. The van der Waals surface area contributed by atoms with Gasteiger partial charge in [0.15, 0.2) is 0 Å². The second-order valence-electron chi connectivity index (χ2n) is 5.84. The van der Waals surface area contributed by atoms with Crippen LogP contribution in [-0.4, -0.2) is 27.8 Å². The molecule has 2 aromatic carbocycles. The van der Waals surface area contributed by atoms with E-state index in [1.165, 1.54) is 5.01 Å². The molecule has 1 atom stereocenters. The van der Waals surface area contributed by atoms with E-state index in [0.29, 0.717) is 29.1 Å². The van der Waals surface area contributed by atoms with E-state index in [2.05, 4.69) is 5.10 Å². The Morgan fingerprint density at radius 3 is 2.80 bits per heavy atom. The van der Waals surface area contributed by atoms with Crippen molar-refractivity contribution in [3.63, 3.8) is 0 Å². The molecule has 0 saturated heterocycles. The van der Waals surface area contributed by atoms with Gasteiger partial charge in [-0.05, 0) is 23.8 Å². The topological polar surface area (TPSA) is 52.9 Å². The number of carbonyl (C=O) groups is 1. The van der Waals surface area contributed by atoms with Crippen LogP contribution in [0.25, 0.3) is 6.08 Å². The number of hydrazone groups is 1. The van der Waals surface area contributed by atoms with Gasteiger partial charge in [-0.1, -0.05) is 61.0 Å². The molecule has 2 aromatic rings. The van der Waals surface area contributed by atoms with Gasteiger partial charge in [-0.25, -0.2) is 5.01 Å². The van der Waals surface area contributed by atoms with Gasteiger partial charge in [-0.2, -0.15) is 5.10 Å². The van der Waals surface area contributed by atoms with Crippen molar-refractivity contribution >= 4 is 29.3 Å². The summed E-state index contributed by atoms with van der Waals surface area (Å²) >= 11 is 6.04. The average molecular weight is 355 g/mol. The number of carbonyl (C=O) groups excluding carboxylic acids is 1. The second-order valence-corrected chi connectivity index (χ2v) is 6.28. The number of phenolic OH excluding ortho intramolecular Hbond substituents is 1. The van der Waals surface area contributed by atoms with E-state index < -0.39 is 0 Å². The maximum Gasteiger partial charge on any atom is 0.242 e. The van der Waals surface area contributed by atoms with E-state index in [4.69, 9.17) is 11.6 Å². The second kappa shape index (κ2) is 7.53. The number of benzene rings is 2. The fourth-order valence-electron chi connectivity index (χ4n) is 2.77. The molecule has 1 unspecified atom stereocenters. The van der Waals surface area contributed by atoms with E-state index in [1.807, 2.05) is 49.4 Å². The van der Waals surface area contributed by atoms with Crippen molar-refractivity contribution in [3.05, 3.63) is 70.8 Å². The van der Waals surface area contributed by atoms with E-state index >= 15 is 0 Å². The lowest BCUT2D eigenvalue weighted by Crippen LogP contribution is -2.30. The van der Waals surface area contributed by atoms with Crippen LogP contribution in [0.5, 0.6) is 5.75 Å². The van der Waals surface area contributed by atoms with Crippen LogP contribution in [0.3, 0.4) is 0 Å². The molecule has 1 aliphatic rings. The zero-order valence-corrected chi connectivity index (χ0v) is 14.6. The van der Waals surface area contributed by atoms with Crippen LogP contribution in [0.2, 0.25) is 5.02 Å². The first-order valence-electron chi connectivity index (χ1n) is 8.20. The third-order valence-electron chi connectivity index (χ3n) is 4.08. The minimum atomic E-state index is -0.180. The van der Waals surface area contributed by atoms with E-state index in [9.17, 15) is 9.90 Å². The lowest BCUT2D eigenvalue weighted by Gasteiger charge is -2.17. The Balaban J connectivity index is 1.89. The predicted molar refractivity (Wildman–Crippen MR) is 101 cm³/mol. The number of aromatic hydroxyl groups is 1. The van der Waals surface area contributed by atoms with Crippen LogP contribution in [-0.2, 0) is 4.79 Å². The molecule has 0 aliphatic carbocycles. The van der Waals surface area contributed by atoms with Crippen LogP contribution in [0.4, 0.5) is 0 Å². The summed E-state index contributed by atoms with van der Waals surface area (Å²) in [5.74, 6) is 0.0546. The smallest absolute Gasteiger partial charge is 0.242 e. The van der Waals surface area contributed by atoms with E-state index in [1.54, 1.807) is 18.2 Å². The molecule has 3 rings (SSSR count). The largest absolute Gasteiger partial charge is 0.507 e. The third kappa shape index (κ3) is 3.91. The van der Waals surface area contributed by atoms with Gasteiger partial charge in [0, 0.05) is 23.4 Å². The molecular formula is C20H19ClN2O2. The van der Waals surface area contributed by atoms with Gasteiger partial charge in [-0.15, -0.1) is 0 Å². The molecule has 0 aromatic heterocycles. The quantitative estimate of drug-likeness (QED) is 0.880. The maximum absolute atomic E-state index is 12.3. The van der Waals surface area contributed by atoms with Crippen LogP contribution in [0, 0.1) is 0 Å². The van der Waals surface area contributed by atoms with Gasteiger partial charge >= 0.3 is 0 Å². The first-order chi connectivity index (χ1) is 12.1. The van der Waals surface area contributed by atoms with Gasteiger partial charge in [0.2, 0.25) is 5.91 Å². The molecule has 5 heteroatoms. The highest BCUT2D eigenvalue weighted by Gasteiger charge is 2.30. The van der Waals surface area contributed by atoms with E-state index in [-0.39, 0.29) is 17.7 Å². The predicted octanol–water partition coefficient (Wildman–Crippen LogP) is 4.47. The summed E-state index contributed by atoms with van der Waals surface area (Å²) < 4.78 is 0. The molecule has 0 saturated carbocycles. The van der Waals surface area contributed by atoms with Crippen LogP contribution in [0.15, 0.2) is 59.7 Å². The fraction of sp³-hybridized carbons (Fsp3) is 0.200. The fourth-order valence-corrected chi connectivity index (χ4v) is 2.94. The summed E-state index contributed by atoms with van der Waals surface area (Å²) in [7, 11) is 0. The Bertz CT molecular complexity index is 831. The van der Waals surface area contributed by atoms with Gasteiger partial charge in [0.1, 0.15) is 5.75 Å². The van der Waals surface area contributed by atoms with Crippen molar-refractivity contribution in [1.82, 2.24) is 5.01 Å². The van der Waals surface area contributed by atoms with Crippen LogP contribution < -0.4 is 0 Å². The molecule has 0 spiro atoms. The third-order valence-corrected chi connectivity index (χ3v) is 4.32. The van der Waals surface area contributed by atoms with Gasteiger partial charge in [0.25, 0.3) is 0 Å². The van der Waals surface area contributed by atoms with Crippen molar-refractivity contribution in [1.29, 1.82) is 0 Å². The maximum atomic E-state index is 12.3. The SMILES string of the molecule is CCC(=O)N1N=C(c2cc(Cl)ccc2O)CC1/C=C/c1ccccc1. The van der Waals surface area contributed by atoms with Crippen LogP contribution in [0.1, 0.15) is 30.9 Å². The number of hydrogen-bond acceptors (Lipinski definition) is 3. The summed E-state index contributed by atoms with van der Waals surface area (Å²) in [4.78, 5) is 12.3. The number of halogens is 1. The molecule has 25 heavy (non-hydrogen) atoms. The Kier molecular flexibility index (Phi) is 5.19. The summed E-state index contributed by atoms with van der Waals surface area (Å²) in [5, 5.41) is 16.6. The first-order valence-corrected chi connectivity index (χ1v) is 8.58. The minimum Gasteiger partial charge on any atom is -0.507 e. The summed E-state index contributed by atoms with van der Waals surface area (Å²) in [5.41, 5.74) is 2.28. The Morgan fingerprint density at radius 2 is 2.08 bits per heavy atom. The van der Waals surface area contributed by atoms with Gasteiger partial charge in [-0.3, -0.25) is 4.79 Å². The molecule has 0 fully saturated rings. The van der Waals surface area contributed by atoms with Gasteiger partial charge in [0.05, 0.1) is 11.8 Å². The highest BCUT2D eigenvalue weighted by molar-refractivity contribution is 6.31. The lowest BCUT2D eigenvalue weighted by molar-refractivity contribution is -0.131. The monoisotopic (exact) mass is 354 g/mol. The molecule has 0 radical (unpaired) electrons. The first kappa shape index (κ1) is 17.2. The average Bonchev–Trinajstić information content (AvgIpc) is 3.06. The number of nitrogens with zero attached hydrogens (tertiary/aromatic N) is 2. The van der Waals surface area contributed by atoms with Crippen LogP contribution >= 0.6 is 11.6 Å². The Hall–Kier alpha value is -2.59. The molecule has 0 bridgehead atoms. The summed E-state index contributed by atoms with van der Waals surface area (Å²) in [6, 6.07) is 14.6. The van der Waals surface area contributed by atoms with Gasteiger partial charge < -0.3 is 5.11 Å². The Morgan fingerprint density at radius 1 is 1.32 bits per heavy atom. The number of hydrogen-bond donors (Lipinski definition) is 1. The normalized spacial score (nSPS) is 17.1. The minimum absolute atomic E-state index is 0.0563. The molecule has 1 aliphatic heterocycles. The number of rotatable bonds is 4. The number of amides is 1. The van der Waals surface area contributed by atoms with Crippen molar-refractivity contribution < 1.29 is 9.90 Å². The standard InChI is InChI=1S/C20H19ClN2O2/c1-2-20(25)23-16(10-8-14-6-4-3-5-7-14)13-18(22-23)17-12-15(21)9-11-19(17)24/h3-12,16,24H,2,13H2,1H3/b10-8+. The summed E-state index contributed by atoms with van der Waals surface area (Å²) in [6.07, 6.45) is 4.86. The number of phenols is 1. The molecule has 1 amide bonds. The molecule has 1 heterocycles. The van der Waals surface area contributed by atoms with Crippen molar-refractivity contribution in [2.24, 2.45) is 5.10 Å².